The molecule has 1 amide bonds. The molecule has 25 heavy (non-hydrogen) atoms. The Balaban J connectivity index is 1.72. The lowest BCUT2D eigenvalue weighted by Gasteiger charge is -2.27. The standard InChI is InChI=1S/C19H17FN4O/c1-13-7-8-14(11-21-13)18(25)24-10-4-9-23-12-17(22-19(23)24)15-5-2-3-6-16(15)20/h2-3,5-8,11-12H,4,9-10H2,1H3. The van der Waals surface area contributed by atoms with Crippen LogP contribution in [0.15, 0.2) is 48.8 Å². The Bertz CT molecular complexity index is 933. The first-order valence-electron chi connectivity index (χ1n) is 8.20. The number of carbonyl (C=O) groups excluding carboxylic acids is 1. The van der Waals surface area contributed by atoms with Crippen molar-refractivity contribution in [1.29, 1.82) is 0 Å². The van der Waals surface area contributed by atoms with E-state index >= 15 is 0 Å². The van der Waals surface area contributed by atoms with Gasteiger partial charge in [0, 0.05) is 36.7 Å². The van der Waals surface area contributed by atoms with E-state index in [1.165, 1.54) is 6.07 Å². The summed E-state index contributed by atoms with van der Waals surface area (Å²) < 4.78 is 16.0. The molecule has 0 atom stereocenters. The van der Waals surface area contributed by atoms with Crippen molar-refractivity contribution in [3.63, 3.8) is 0 Å². The number of hydrogen-bond donors (Lipinski definition) is 0. The Labute approximate surface area is 144 Å². The molecule has 0 radical (unpaired) electrons. The third kappa shape index (κ3) is 2.80. The SMILES string of the molecule is Cc1ccc(C(=O)N2CCCn3cc(-c4ccccc4F)nc32)cn1. The number of fused-ring (bicyclic) bond motifs is 1. The van der Waals surface area contributed by atoms with Crippen molar-refractivity contribution in [3.8, 4) is 11.3 Å². The van der Waals surface area contributed by atoms with Gasteiger partial charge in [-0.1, -0.05) is 12.1 Å². The fourth-order valence-electron chi connectivity index (χ4n) is 3.03. The molecule has 0 saturated carbocycles. The van der Waals surface area contributed by atoms with Crippen molar-refractivity contribution in [3.05, 3.63) is 65.9 Å². The van der Waals surface area contributed by atoms with Crippen LogP contribution < -0.4 is 4.90 Å². The average molecular weight is 336 g/mol. The lowest BCUT2D eigenvalue weighted by atomic mass is 10.1. The van der Waals surface area contributed by atoms with Gasteiger partial charge >= 0.3 is 0 Å². The average Bonchev–Trinajstić information content (AvgIpc) is 3.06. The maximum atomic E-state index is 14.1. The van der Waals surface area contributed by atoms with E-state index in [0.717, 1.165) is 18.7 Å². The zero-order valence-corrected chi connectivity index (χ0v) is 13.8. The van der Waals surface area contributed by atoms with Gasteiger partial charge in [0.25, 0.3) is 5.91 Å². The first-order chi connectivity index (χ1) is 12.1. The highest BCUT2D eigenvalue weighted by atomic mass is 19.1. The predicted octanol–water partition coefficient (Wildman–Crippen LogP) is 3.44. The minimum Gasteiger partial charge on any atom is -0.316 e. The smallest absolute Gasteiger partial charge is 0.262 e. The summed E-state index contributed by atoms with van der Waals surface area (Å²) in [6.45, 7) is 3.22. The summed E-state index contributed by atoms with van der Waals surface area (Å²) in [4.78, 5) is 23.2. The van der Waals surface area contributed by atoms with Crippen LogP contribution >= 0.6 is 0 Å². The number of hydrogen-bond acceptors (Lipinski definition) is 3. The number of benzene rings is 1. The summed E-state index contributed by atoms with van der Waals surface area (Å²) in [7, 11) is 0. The quantitative estimate of drug-likeness (QED) is 0.720. The maximum absolute atomic E-state index is 14.1. The Morgan fingerprint density at radius 2 is 2.00 bits per heavy atom. The monoisotopic (exact) mass is 336 g/mol. The number of nitrogens with zero attached hydrogens (tertiary/aromatic N) is 4. The molecule has 1 aromatic carbocycles. The molecule has 1 aliphatic rings. The van der Waals surface area contributed by atoms with E-state index in [0.29, 0.717) is 29.3 Å². The number of rotatable bonds is 2. The summed E-state index contributed by atoms with van der Waals surface area (Å²) in [5.41, 5.74) is 2.36. The van der Waals surface area contributed by atoms with Crippen LogP contribution in [0.1, 0.15) is 22.5 Å². The first-order valence-corrected chi connectivity index (χ1v) is 8.20. The van der Waals surface area contributed by atoms with Crippen LogP contribution in [-0.4, -0.2) is 27.0 Å². The Morgan fingerprint density at radius 1 is 1.16 bits per heavy atom. The molecule has 6 heteroatoms. The van der Waals surface area contributed by atoms with Crippen molar-refractivity contribution in [2.75, 3.05) is 11.4 Å². The van der Waals surface area contributed by atoms with Crippen LogP contribution in [0.3, 0.4) is 0 Å². The normalized spacial score (nSPS) is 13.6. The molecule has 0 bridgehead atoms. The van der Waals surface area contributed by atoms with Gasteiger partial charge in [0.2, 0.25) is 5.95 Å². The number of carbonyl (C=O) groups is 1. The minimum absolute atomic E-state index is 0.140. The molecule has 0 N–H and O–H groups in total. The predicted molar refractivity (Wildman–Crippen MR) is 92.9 cm³/mol. The summed E-state index contributed by atoms with van der Waals surface area (Å²) in [5.74, 6) is 0.0905. The topological polar surface area (TPSA) is 51.0 Å². The summed E-state index contributed by atoms with van der Waals surface area (Å²) in [5, 5.41) is 0. The second-order valence-corrected chi connectivity index (χ2v) is 6.10. The number of aryl methyl sites for hydroxylation is 2. The zero-order valence-electron chi connectivity index (χ0n) is 13.8. The number of anilines is 1. The van der Waals surface area contributed by atoms with Crippen molar-refractivity contribution in [1.82, 2.24) is 14.5 Å². The maximum Gasteiger partial charge on any atom is 0.262 e. The largest absolute Gasteiger partial charge is 0.316 e. The van der Waals surface area contributed by atoms with Crippen LogP contribution in [0.2, 0.25) is 0 Å². The van der Waals surface area contributed by atoms with Gasteiger partial charge in [0.1, 0.15) is 5.82 Å². The first kappa shape index (κ1) is 15.5. The lowest BCUT2D eigenvalue weighted by molar-refractivity contribution is 0.0980. The van der Waals surface area contributed by atoms with Gasteiger partial charge in [-0.15, -0.1) is 0 Å². The second kappa shape index (κ2) is 6.12. The van der Waals surface area contributed by atoms with Gasteiger partial charge in [-0.05, 0) is 37.6 Å². The molecule has 0 spiro atoms. The highest BCUT2D eigenvalue weighted by Gasteiger charge is 2.27. The van der Waals surface area contributed by atoms with Gasteiger partial charge in [-0.2, -0.15) is 0 Å². The summed E-state index contributed by atoms with van der Waals surface area (Å²) in [6.07, 6.45) is 4.21. The Kier molecular flexibility index (Phi) is 3.80. The molecular weight excluding hydrogens is 319 g/mol. The molecule has 0 aliphatic carbocycles. The molecule has 3 aromatic rings. The van der Waals surface area contributed by atoms with E-state index in [4.69, 9.17) is 0 Å². The zero-order chi connectivity index (χ0) is 17.4. The molecule has 3 heterocycles. The van der Waals surface area contributed by atoms with Crippen molar-refractivity contribution < 1.29 is 9.18 Å². The van der Waals surface area contributed by atoms with E-state index < -0.39 is 0 Å². The lowest BCUT2D eigenvalue weighted by Crippen LogP contribution is -2.37. The van der Waals surface area contributed by atoms with Gasteiger partial charge < -0.3 is 4.57 Å². The second-order valence-electron chi connectivity index (χ2n) is 6.10. The fourth-order valence-corrected chi connectivity index (χ4v) is 3.03. The van der Waals surface area contributed by atoms with Crippen LogP contribution in [0, 0.1) is 12.7 Å². The molecule has 126 valence electrons. The van der Waals surface area contributed by atoms with Gasteiger partial charge in [-0.25, -0.2) is 9.37 Å². The van der Waals surface area contributed by atoms with Crippen LogP contribution in [0.5, 0.6) is 0 Å². The van der Waals surface area contributed by atoms with E-state index in [-0.39, 0.29) is 11.7 Å². The van der Waals surface area contributed by atoms with Gasteiger partial charge in [0.15, 0.2) is 0 Å². The molecule has 0 unspecified atom stereocenters. The highest BCUT2D eigenvalue weighted by Crippen LogP contribution is 2.28. The molecule has 1 aliphatic heterocycles. The molecular formula is C19H17FN4O. The molecule has 0 saturated heterocycles. The molecule has 0 fully saturated rings. The molecule has 2 aromatic heterocycles. The van der Waals surface area contributed by atoms with Crippen molar-refractivity contribution in [2.45, 2.75) is 19.9 Å². The van der Waals surface area contributed by atoms with Gasteiger partial charge in [0.05, 0.1) is 11.3 Å². The Hall–Kier alpha value is -3.02. The number of halogens is 1. The number of pyridine rings is 1. The van der Waals surface area contributed by atoms with E-state index in [2.05, 4.69) is 9.97 Å². The van der Waals surface area contributed by atoms with Crippen molar-refractivity contribution in [2.24, 2.45) is 0 Å². The number of amides is 1. The fraction of sp³-hybridized carbons (Fsp3) is 0.211. The Morgan fingerprint density at radius 3 is 2.76 bits per heavy atom. The van der Waals surface area contributed by atoms with E-state index in [1.54, 1.807) is 41.6 Å². The minimum atomic E-state index is -0.321. The van der Waals surface area contributed by atoms with Crippen molar-refractivity contribution >= 4 is 11.9 Å². The third-order valence-electron chi connectivity index (χ3n) is 4.33. The highest BCUT2D eigenvalue weighted by molar-refractivity contribution is 6.05. The van der Waals surface area contributed by atoms with E-state index in [1.807, 2.05) is 17.6 Å². The molecule has 5 nitrogen and oxygen atoms in total. The van der Waals surface area contributed by atoms with Crippen LogP contribution in [0.4, 0.5) is 10.3 Å². The van der Waals surface area contributed by atoms with Crippen LogP contribution in [0.25, 0.3) is 11.3 Å². The summed E-state index contributed by atoms with van der Waals surface area (Å²) in [6, 6.07) is 10.1. The summed E-state index contributed by atoms with van der Waals surface area (Å²) >= 11 is 0. The van der Waals surface area contributed by atoms with Gasteiger partial charge in [-0.3, -0.25) is 14.7 Å². The third-order valence-corrected chi connectivity index (χ3v) is 4.33. The number of imidazole rings is 1. The molecule has 4 rings (SSSR count). The van der Waals surface area contributed by atoms with Crippen LogP contribution in [-0.2, 0) is 6.54 Å². The number of aromatic nitrogens is 3. The van der Waals surface area contributed by atoms with E-state index in [9.17, 15) is 9.18 Å².